The third kappa shape index (κ3) is 2.83. The van der Waals surface area contributed by atoms with Crippen molar-refractivity contribution >= 4 is 21.8 Å². The number of aryl methyl sites for hydroxylation is 2. The molecule has 31 heavy (non-hydrogen) atoms. The average Bonchev–Trinajstić information content (AvgIpc) is 3.56. The van der Waals surface area contributed by atoms with Gasteiger partial charge in [-0.1, -0.05) is 28.5 Å². The zero-order valence-electron chi connectivity index (χ0n) is 17.0. The summed E-state index contributed by atoms with van der Waals surface area (Å²) in [5, 5.41) is 10.4. The standard InChI is InChI=1S/C23H18N6O2/c1-13-25-23(27-30-13)18-7-6-14(15-8-10-24-21(15)18)12-20-26-22(28-31-20)17-4-3-5-19-16(17)9-11-29(19)2/h3-11,24H,12H2,1-2H3. The van der Waals surface area contributed by atoms with E-state index in [2.05, 4.69) is 42.0 Å². The molecule has 1 N–H and O–H groups in total. The second-order valence-corrected chi connectivity index (χ2v) is 7.53. The van der Waals surface area contributed by atoms with Gasteiger partial charge in [-0.2, -0.15) is 9.97 Å². The number of nitrogens with zero attached hydrogens (tertiary/aromatic N) is 5. The van der Waals surface area contributed by atoms with Crippen LogP contribution in [0, 0.1) is 6.92 Å². The Bertz CT molecular complexity index is 1550. The second-order valence-electron chi connectivity index (χ2n) is 7.53. The highest BCUT2D eigenvalue weighted by atomic mass is 16.5. The molecule has 8 heteroatoms. The molecule has 0 saturated carbocycles. The van der Waals surface area contributed by atoms with Crippen LogP contribution in [0.15, 0.2) is 63.9 Å². The molecule has 0 unspecified atom stereocenters. The lowest BCUT2D eigenvalue weighted by atomic mass is 10.0. The van der Waals surface area contributed by atoms with Gasteiger partial charge in [0.25, 0.3) is 0 Å². The molecule has 0 atom stereocenters. The van der Waals surface area contributed by atoms with Gasteiger partial charge < -0.3 is 18.6 Å². The first-order valence-electron chi connectivity index (χ1n) is 9.94. The van der Waals surface area contributed by atoms with E-state index in [1.165, 1.54) is 0 Å². The molecule has 4 aromatic heterocycles. The lowest BCUT2D eigenvalue weighted by Crippen LogP contribution is -1.92. The van der Waals surface area contributed by atoms with E-state index in [4.69, 9.17) is 9.05 Å². The maximum atomic E-state index is 5.60. The summed E-state index contributed by atoms with van der Waals surface area (Å²) in [5.41, 5.74) is 5.01. The van der Waals surface area contributed by atoms with Gasteiger partial charge in [-0.3, -0.25) is 0 Å². The third-order valence-electron chi connectivity index (χ3n) is 5.56. The van der Waals surface area contributed by atoms with E-state index < -0.39 is 0 Å². The zero-order chi connectivity index (χ0) is 20.9. The molecular weight excluding hydrogens is 392 g/mol. The predicted molar refractivity (Wildman–Crippen MR) is 115 cm³/mol. The SMILES string of the molecule is Cc1nc(-c2ccc(Cc3nc(-c4cccc5c4ccn5C)no3)c3cc[nH]c23)no1. The van der Waals surface area contributed by atoms with Crippen LogP contribution in [0.2, 0.25) is 0 Å². The lowest BCUT2D eigenvalue weighted by molar-refractivity contribution is 0.386. The van der Waals surface area contributed by atoms with Crippen molar-refractivity contribution in [1.82, 2.24) is 29.8 Å². The van der Waals surface area contributed by atoms with Crippen LogP contribution < -0.4 is 0 Å². The van der Waals surface area contributed by atoms with Gasteiger partial charge in [-0.25, -0.2) is 0 Å². The van der Waals surface area contributed by atoms with Gasteiger partial charge in [0, 0.05) is 53.8 Å². The fourth-order valence-corrected chi connectivity index (χ4v) is 4.06. The number of benzene rings is 2. The van der Waals surface area contributed by atoms with Crippen LogP contribution in [-0.2, 0) is 13.5 Å². The Balaban J connectivity index is 1.37. The Morgan fingerprint density at radius 1 is 0.903 bits per heavy atom. The van der Waals surface area contributed by atoms with Crippen molar-refractivity contribution in [3.63, 3.8) is 0 Å². The molecule has 0 aliphatic heterocycles. The summed E-state index contributed by atoms with van der Waals surface area (Å²) in [6.07, 6.45) is 4.46. The molecule has 0 saturated heterocycles. The predicted octanol–water partition coefficient (Wildman–Crippen LogP) is 4.66. The van der Waals surface area contributed by atoms with E-state index in [1.807, 2.05) is 49.8 Å². The quantitative estimate of drug-likeness (QED) is 0.454. The first-order chi connectivity index (χ1) is 15.2. The minimum atomic E-state index is 0.525. The van der Waals surface area contributed by atoms with Gasteiger partial charge in [-0.05, 0) is 29.8 Å². The minimum Gasteiger partial charge on any atom is -0.361 e. The summed E-state index contributed by atoms with van der Waals surface area (Å²) < 4.78 is 12.8. The highest BCUT2D eigenvalue weighted by molar-refractivity contribution is 5.95. The van der Waals surface area contributed by atoms with E-state index in [0.29, 0.717) is 29.9 Å². The van der Waals surface area contributed by atoms with E-state index in [1.54, 1.807) is 6.92 Å². The van der Waals surface area contributed by atoms with E-state index in [9.17, 15) is 0 Å². The fraction of sp³-hybridized carbons (Fsp3) is 0.130. The second kappa shape index (κ2) is 6.66. The smallest absolute Gasteiger partial charge is 0.231 e. The molecular formula is C23H18N6O2. The maximum Gasteiger partial charge on any atom is 0.231 e. The molecule has 0 aliphatic carbocycles. The Kier molecular flexibility index (Phi) is 3.79. The van der Waals surface area contributed by atoms with E-state index in [0.717, 1.165) is 38.5 Å². The molecule has 0 spiro atoms. The van der Waals surface area contributed by atoms with Crippen LogP contribution in [0.1, 0.15) is 17.3 Å². The Hall–Kier alpha value is -4.20. The maximum absolute atomic E-state index is 5.60. The molecule has 2 aromatic carbocycles. The summed E-state index contributed by atoms with van der Waals surface area (Å²) >= 11 is 0. The van der Waals surface area contributed by atoms with E-state index >= 15 is 0 Å². The number of nitrogens with one attached hydrogen (secondary N) is 1. The Morgan fingerprint density at radius 2 is 1.77 bits per heavy atom. The third-order valence-corrected chi connectivity index (χ3v) is 5.56. The summed E-state index contributed by atoms with van der Waals surface area (Å²) in [4.78, 5) is 12.3. The van der Waals surface area contributed by atoms with Crippen molar-refractivity contribution in [3.05, 3.63) is 72.2 Å². The van der Waals surface area contributed by atoms with Crippen molar-refractivity contribution in [2.75, 3.05) is 0 Å². The van der Waals surface area contributed by atoms with Gasteiger partial charge >= 0.3 is 0 Å². The Morgan fingerprint density at radius 3 is 2.65 bits per heavy atom. The Labute approximate surface area is 176 Å². The minimum absolute atomic E-state index is 0.525. The molecule has 0 bridgehead atoms. The number of hydrogen-bond acceptors (Lipinski definition) is 6. The number of rotatable bonds is 4. The van der Waals surface area contributed by atoms with Gasteiger partial charge in [0.1, 0.15) is 0 Å². The molecule has 8 nitrogen and oxygen atoms in total. The number of hydrogen-bond donors (Lipinski definition) is 1. The van der Waals surface area contributed by atoms with Crippen LogP contribution >= 0.6 is 0 Å². The average molecular weight is 410 g/mol. The molecule has 0 fully saturated rings. The van der Waals surface area contributed by atoms with Crippen molar-refractivity contribution < 1.29 is 9.05 Å². The summed E-state index contributed by atoms with van der Waals surface area (Å²) in [5.74, 6) is 2.25. The molecule has 4 heterocycles. The number of aromatic nitrogens is 6. The highest BCUT2D eigenvalue weighted by Crippen LogP contribution is 2.31. The van der Waals surface area contributed by atoms with Crippen LogP contribution in [0.3, 0.4) is 0 Å². The van der Waals surface area contributed by atoms with Gasteiger partial charge in [-0.15, -0.1) is 0 Å². The summed E-state index contributed by atoms with van der Waals surface area (Å²) in [7, 11) is 2.02. The van der Waals surface area contributed by atoms with Crippen molar-refractivity contribution in [2.45, 2.75) is 13.3 Å². The van der Waals surface area contributed by atoms with Crippen molar-refractivity contribution in [2.24, 2.45) is 7.05 Å². The molecule has 0 amide bonds. The molecule has 0 aliphatic rings. The fourth-order valence-electron chi connectivity index (χ4n) is 4.06. The number of fused-ring (bicyclic) bond motifs is 2. The van der Waals surface area contributed by atoms with E-state index in [-0.39, 0.29) is 0 Å². The molecule has 152 valence electrons. The normalized spacial score (nSPS) is 11.7. The number of H-pyrrole nitrogens is 1. The first kappa shape index (κ1) is 17.6. The zero-order valence-corrected chi connectivity index (χ0v) is 17.0. The van der Waals surface area contributed by atoms with Gasteiger partial charge in [0.2, 0.25) is 23.4 Å². The van der Waals surface area contributed by atoms with Crippen LogP contribution in [-0.4, -0.2) is 29.8 Å². The van der Waals surface area contributed by atoms with Crippen LogP contribution in [0.25, 0.3) is 44.6 Å². The van der Waals surface area contributed by atoms with Gasteiger partial charge in [0.15, 0.2) is 0 Å². The molecule has 0 radical (unpaired) electrons. The van der Waals surface area contributed by atoms with Gasteiger partial charge in [0.05, 0.1) is 11.9 Å². The van der Waals surface area contributed by atoms with Crippen molar-refractivity contribution in [3.8, 4) is 22.8 Å². The largest absolute Gasteiger partial charge is 0.361 e. The van der Waals surface area contributed by atoms with Crippen LogP contribution in [0.4, 0.5) is 0 Å². The van der Waals surface area contributed by atoms with Crippen molar-refractivity contribution in [1.29, 1.82) is 0 Å². The molecule has 6 rings (SSSR count). The number of aromatic amines is 1. The monoisotopic (exact) mass is 410 g/mol. The first-order valence-corrected chi connectivity index (χ1v) is 9.94. The lowest BCUT2D eigenvalue weighted by Gasteiger charge is -2.04. The highest BCUT2D eigenvalue weighted by Gasteiger charge is 2.17. The topological polar surface area (TPSA) is 98.6 Å². The molecule has 6 aromatic rings. The summed E-state index contributed by atoms with van der Waals surface area (Å²) in [6.45, 7) is 1.78. The summed E-state index contributed by atoms with van der Waals surface area (Å²) in [6, 6.07) is 14.2. The van der Waals surface area contributed by atoms with Crippen LogP contribution in [0.5, 0.6) is 0 Å².